The summed E-state index contributed by atoms with van der Waals surface area (Å²) in [5.74, 6) is -0.889. The summed E-state index contributed by atoms with van der Waals surface area (Å²) in [6.07, 6.45) is 0. The van der Waals surface area contributed by atoms with Crippen molar-refractivity contribution in [3.05, 3.63) is 63.7 Å². The van der Waals surface area contributed by atoms with E-state index in [0.717, 1.165) is 22.4 Å². The van der Waals surface area contributed by atoms with Gasteiger partial charge in [-0.05, 0) is 48.7 Å². The number of Topliss-reactive ketones (excluding diaryl/α,β-unsaturated/α-hetero) is 1. The second-order valence-electron chi connectivity index (χ2n) is 5.32. The van der Waals surface area contributed by atoms with Crippen LogP contribution >= 0.6 is 11.6 Å². The Morgan fingerprint density at radius 1 is 1.05 bits per heavy atom. The van der Waals surface area contributed by atoms with E-state index in [-0.39, 0.29) is 0 Å². The number of carbonyl (C=O) groups is 2. The first-order valence-electron chi connectivity index (χ1n) is 6.69. The lowest BCUT2D eigenvalue weighted by Gasteiger charge is -2.19. The number of fused-ring (bicyclic) bond motifs is 1. The zero-order chi connectivity index (χ0) is 15.1. The van der Waals surface area contributed by atoms with Crippen LogP contribution in [0, 0.1) is 13.8 Å². The molecule has 0 radical (unpaired) electrons. The third-order valence-electron chi connectivity index (χ3n) is 3.65. The third-order valence-corrected chi connectivity index (χ3v) is 3.90. The van der Waals surface area contributed by atoms with Crippen LogP contribution in [-0.2, 0) is 11.3 Å². The van der Waals surface area contributed by atoms with E-state index in [0.29, 0.717) is 17.1 Å². The molecule has 0 bridgehead atoms. The molecule has 21 heavy (non-hydrogen) atoms. The number of ketones is 1. The fourth-order valence-electron chi connectivity index (χ4n) is 2.75. The molecule has 0 spiro atoms. The van der Waals surface area contributed by atoms with Crippen LogP contribution in [0.2, 0.25) is 5.02 Å². The smallest absolute Gasteiger partial charge is 0.299 e. The minimum atomic E-state index is -0.464. The maximum Gasteiger partial charge on any atom is 0.299 e. The highest BCUT2D eigenvalue weighted by Crippen LogP contribution is 2.34. The molecule has 0 unspecified atom stereocenters. The van der Waals surface area contributed by atoms with Crippen LogP contribution in [0.3, 0.4) is 0 Å². The fraction of sp³-hybridized carbons (Fsp3) is 0.176. The van der Waals surface area contributed by atoms with Crippen molar-refractivity contribution in [3.8, 4) is 0 Å². The molecule has 2 aromatic carbocycles. The number of hydrogen-bond donors (Lipinski definition) is 0. The molecule has 4 heteroatoms. The minimum Gasteiger partial charge on any atom is -0.300 e. The summed E-state index contributed by atoms with van der Waals surface area (Å²) in [6, 6.07) is 11.1. The highest BCUT2D eigenvalue weighted by molar-refractivity contribution is 6.52. The van der Waals surface area contributed by atoms with E-state index in [1.54, 1.807) is 23.1 Å². The molecule has 3 nitrogen and oxygen atoms in total. The van der Waals surface area contributed by atoms with E-state index in [4.69, 9.17) is 11.6 Å². The zero-order valence-electron chi connectivity index (χ0n) is 11.8. The first-order chi connectivity index (χ1) is 9.97. The van der Waals surface area contributed by atoms with Crippen LogP contribution < -0.4 is 4.90 Å². The summed E-state index contributed by atoms with van der Waals surface area (Å²) in [7, 11) is 0. The molecule has 1 aliphatic heterocycles. The zero-order valence-corrected chi connectivity index (χ0v) is 12.6. The van der Waals surface area contributed by atoms with E-state index in [9.17, 15) is 9.59 Å². The Labute approximate surface area is 128 Å². The molecule has 1 amide bonds. The molecular weight excluding hydrogens is 286 g/mol. The highest BCUT2D eigenvalue weighted by Gasteiger charge is 2.36. The molecule has 0 atom stereocenters. The maximum atomic E-state index is 12.2. The minimum absolute atomic E-state index is 0.374. The number of anilines is 1. The van der Waals surface area contributed by atoms with Gasteiger partial charge in [0.05, 0.1) is 17.8 Å². The van der Waals surface area contributed by atoms with Gasteiger partial charge in [-0.25, -0.2) is 0 Å². The molecule has 0 N–H and O–H groups in total. The first-order valence-corrected chi connectivity index (χ1v) is 7.07. The van der Waals surface area contributed by atoms with Crippen molar-refractivity contribution in [3.63, 3.8) is 0 Å². The van der Waals surface area contributed by atoms with E-state index in [2.05, 4.69) is 0 Å². The number of amides is 1. The molecule has 2 aromatic rings. The average molecular weight is 300 g/mol. The van der Waals surface area contributed by atoms with Gasteiger partial charge in [-0.2, -0.15) is 0 Å². The molecule has 0 fully saturated rings. The Hall–Kier alpha value is -2.13. The summed E-state index contributed by atoms with van der Waals surface area (Å²) in [5, 5.41) is 0.648. The van der Waals surface area contributed by atoms with Gasteiger partial charge in [0.15, 0.2) is 0 Å². The van der Waals surface area contributed by atoms with Gasteiger partial charge in [0.1, 0.15) is 0 Å². The van der Waals surface area contributed by atoms with Crippen molar-refractivity contribution in [2.45, 2.75) is 20.4 Å². The number of halogens is 1. The van der Waals surface area contributed by atoms with Gasteiger partial charge >= 0.3 is 0 Å². The quantitative estimate of drug-likeness (QED) is 0.793. The van der Waals surface area contributed by atoms with E-state index in [1.807, 2.05) is 32.0 Å². The third kappa shape index (κ3) is 2.34. The van der Waals surface area contributed by atoms with Crippen molar-refractivity contribution < 1.29 is 9.59 Å². The summed E-state index contributed by atoms with van der Waals surface area (Å²) < 4.78 is 0. The Balaban J connectivity index is 2.03. The van der Waals surface area contributed by atoms with Crippen molar-refractivity contribution in [2.75, 3.05) is 4.90 Å². The second kappa shape index (κ2) is 5.01. The normalized spacial score (nSPS) is 13.8. The van der Waals surface area contributed by atoms with E-state index >= 15 is 0 Å². The predicted octanol–water partition coefficient (Wildman–Crippen LogP) is 3.69. The lowest BCUT2D eigenvalue weighted by molar-refractivity contribution is -0.114. The molecule has 0 aliphatic carbocycles. The fourth-order valence-corrected chi connectivity index (χ4v) is 2.88. The van der Waals surface area contributed by atoms with Crippen LogP contribution in [0.25, 0.3) is 0 Å². The van der Waals surface area contributed by atoms with Crippen LogP contribution in [0.5, 0.6) is 0 Å². The van der Waals surface area contributed by atoms with Gasteiger partial charge in [0.2, 0.25) is 0 Å². The van der Waals surface area contributed by atoms with Crippen LogP contribution in [-0.4, -0.2) is 11.7 Å². The van der Waals surface area contributed by atoms with Crippen molar-refractivity contribution >= 4 is 29.0 Å². The van der Waals surface area contributed by atoms with Gasteiger partial charge in [-0.15, -0.1) is 0 Å². The van der Waals surface area contributed by atoms with Crippen molar-refractivity contribution in [1.29, 1.82) is 0 Å². The second-order valence-corrected chi connectivity index (χ2v) is 5.76. The van der Waals surface area contributed by atoms with Gasteiger partial charge in [0.25, 0.3) is 11.7 Å². The van der Waals surface area contributed by atoms with Gasteiger partial charge in [-0.1, -0.05) is 29.8 Å². The number of hydrogen-bond acceptors (Lipinski definition) is 2. The lowest BCUT2D eigenvalue weighted by Crippen LogP contribution is -2.29. The molecule has 1 heterocycles. The summed E-state index contributed by atoms with van der Waals surface area (Å²) >= 11 is 5.87. The Morgan fingerprint density at radius 2 is 1.71 bits per heavy atom. The van der Waals surface area contributed by atoms with Crippen molar-refractivity contribution in [2.24, 2.45) is 0 Å². The predicted molar refractivity (Wildman–Crippen MR) is 82.9 cm³/mol. The maximum absolute atomic E-state index is 12.2. The lowest BCUT2D eigenvalue weighted by atomic mass is 10.0. The number of carbonyl (C=O) groups excluding carboxylic acids is 2. The van der Waals surface area contributed by atoms with Gasteiger partial charge < -0.3 is 4.90 Å². The number of nitrogens with zero attached hydrogens (tertiary/aromatic N) is 1. The van der Waals surface area contributed by atoms with Gasteiger partial charge in [-0.3, -0.25) is 9.59 Å². The standard InChI is InChI=1S/C17H14ClNO2/c1-10-7-11(2)15-14(8-10)16(20)17(21)19(15)9-12-3-5-13(18)6-4-12/h3-8H,9H2,1-2H3. The average Bonchev–Trinajstić information content (AvgIpc) is 2.67. The largest absolute Gasteiger partial charge is 0.300 e. The molecule has 0 aromatic heterocycles. The topological polar surface area (TPSA) is 37.4 Å². The van der Waals surface area contributed by atoms with E-state index < -0.39 is 11.7 Å². The van der Waals surface area contributed by atoms with Crippen LogP contribution in [0.15, 0.2) is 36.4 Å². The molecular formula is C17H14ClNO2. The Kier molecular flexibility index (Phi) is 3.30. The summed E-state index contributed by atoms with van der Waals surface area (Å²) in [5.41, 5.74) is 4.10. The monoisotopic (exact) mass is 299 g/mol. The molecule has 3 rings (SSSR count). The molecule has 0 saturated heterocycles. The number of rotatable bonds is 2. The van der Waals surface area contributed by atoms with Crippen LogP contribution in [0.4, 0.5) is 5.69 Å². The molecule has 0 saturated carbocycles. The highest BCUT2D eigenvalue weighted by atomic mass is 35.5. The van der Waals surface area contributed by atoms with E-state index in [1.165, 1.54) is 0 Å². The van der Waals surface area contributed by atoms with Crippen LogP contribution in [0.1, 0.15) is 27.0 Å². The SMILES string of the molecule is Cc1cc(C)c2c(c1)C(=O)C(=O)N2Cc1ccc(Cl)cc1. The Morgan fingerprint density at radius 3 is 2.38 bits per heavy atom. The first kappa shape index (κ1) is 13.8. The summed E-state index contributed by atoms with van der Waals surface area (Å²) in [4.78, 5) is 25.9. The summed E-state index contributed by atoms with van der Waals surface area (Å²) in [6.45, 7) is 4.22. The number of benzene rings is 2. The molecule has 1 aliphatic rings. The van der Waals surface area contributed by atoms with Crippen molar-refractivity contribution in [1.82, 2.24) is 0 Å². The Bertz CT molecular complexity index is 750. The number of aryl methyl sites for hydroxylation is 2. The molecule has 106 valence electrons. The van der Waals surface area contributed by atoms with Gasteiger partial charge in [0, 0.05) is 5.02 Å².